The number of thiophene rings is 1. The normalized spacial score (nSPS) is 18.0. The molecule has 2 N–H and O–H groups in total. The Balaban J connectivity index is 1.59. The maximum Gasteiger partial charge on any atom is 0.259 e. The summed E-state index contributed by atoms with van der Waals surface area (Å²) < 4.78 is 0. The third-order valence-electron chi connectivity index (χ3n) is 5.10. The fourth-order valence-corrected chi connectivity index (χ4v) is 5.19. The Kier molecular flexibility index (Phi) is 4.86. The molecule has 1 aliphatic rings. The molecule has 2 aromatic heterocycles. The van der Waals surface area contributed by atoms with Gasteiger partial charge >= 0.3 is 0 Å². The first kappa shape index (κ1) is 17.7. The number of nitrogens with zero attached hydrogens (tertiary/aromatic N) is 1. The molecule has 0 spiro atoms. The van der Waals surface area contributed by atoms with E-state index >= 15 is 0 Å². The first-order valence-corrected chi connectivity index (χ1v) is 10.2. The molecule has 0 saturated heterocycles. The van der Waals surface area contributed by atoms with E-state index in [0.29, 0.717) is 18.3 Å². The maximum absolute atomic E-state index is 12.7. The second-order valence-electron chi connectivity index (χ2n) is 7.22. The van der Waals surface area contributed by atoms with Gasteiger partial charge in [0.25, 0.3) is 5.56 Å². The number of aryl methyl sites for hydroxylation is 1. The molecule has 0 amide bonds. The van der Waals surface area contributed by atoms with Gasteiger partial charge in [0.05, 0.1) is 11.4 Å². The quantitative estimate of drug-likeness (QED) is 0.687. The molecule has 2 heterocycles. The second-order valence-corrected chi connectivity index (χ2v) is 8.74. The van der Waals surface area contributed by atoms with Gasteiger partial charge in [-0.05, 0) is 55.4 Å². The van der Waals surface area contributed by atoms with Gasteiger partial charge in [-0.1, -0.05) is 30.7 Å². The molecular formula is C20H22ClN3OS. The SMILES string of the molecule is C[C@@H]1CCc2c(sc3nc([C@H](C)NCc4cccc(Cl)c4)[nH]c(=O)c23)C1. The van der Waals surface area contributed by atoms with Crippen molar-refractivity contribution in [1.82, 2.24) is 15.3 Å². The highest BCUT2D eigenvalue weighted by Crippen LogP contribution is 2.35. The molecule has 4 nitrogen and oxygen atoms in total. The molecule has 0 bridgehead atoms. The van der Waals surface area contributed by atoms with Gasteiger partial charge in [0.15, 0.2) is 0 Å². The van der Waals surface area contributed by atoms with Crippen molar-refractivity contribution >= 4 is 33.2 Å². The Morgan fingerprint density at radius 1 is 1.46 bits per heavy atom. The fraction of sp³-hybridized carbons (Fsp3) is 0.400. The average Bonchev–Trinajstić information content (AvgIpc) is 2.97. The van der Waals surface area contributed by atoms with Crippen LogP contribution in [-0.2, 0) is 19.4 Å². The van der Waals surface area contributed by atoms with E-state index in [1.54, 1.807) is 11.3 Å². The molecule has 1 aromatic carbocycles. The van der Waals surface area contributed by atoms with Gasteiger partial charge in [0, 0.05) is 16.4 Å². The molecule has 0 saturated carbocycles. The molecular weight excluding hydrogens is 366 g/mol. The second kappa shape index (κ2) is 7.14. The first-order chi connectivity index (χ1) is 12.5. The van der Waals surface area contributed by atoms with Gasteiger partial charge in [-0.2, -0.15) is 0 Å². The van der Waals surface area contributed by atoms with E-state index in [4.69, 9.17) is 16.6 Å². The molecule has 0 unspecified atom stereocenters. The van der Waals surface area contributed by atoms with E-state index in [2.05, 4.69) is 17.2 Å². The Hall–Kier alpha value is -1.69. The van der Waals surface area contributed by atoms with Crippen LogP contribution in [0.1, 0.15) is 48.1 Å². The van der Waals surface area contributed by atoms with Crippen LogP contribution in [0.3, 0.4) is 0 Å². The highest BCUT2D eigenvalue weighted by molar-refractivity contribution is 7.18. The number of hydrogen-bond donors (Lipinski definition) is 2. The van der Waals surface area contributed by atoms with E-state index in [0.717, 1.165) is 40.1 Å². The zero-order valence-electron chi connectivity index (χ0n) is 14.9. The van der Waals surface area contributed by atoms with Crippen LogP contribution < -0.4 is 10.9 Å². The lowest BCUT2D eigenvalue weighted by atomic mass is 9.89. The summed E-state index contributed by atoms with van der Waals surface area (Å²) in [4.78, 5) is 22.7. The Morgan fingerprint density at radius 3 is 3.12 bits per heavy atom. The highest BCUT2D eigenvalue weighted by Gasteiger charge is 2.23. The van der Waals surface area contributed by atoms with E-state index in [-0.39, 0.29) is 11.6 Å². The minimum absolute atomic E-state index is 0.00606. The van der Waals surface area contributed by atoms with Gasteiger partial charge in [-0.3, -0.25) is 4.79 Å². The molecule has 4 rings (SSSR count). The van der Waals surface area contributed by atoms with Crippen LogP contribution in [0.4, 0.5) is 0 Å². The smallest absolute Gasteiger partial charge is 0.259 e. The molecule has 6 heteroatoms. The number of aromatic amines is 1. The molecule has 0 fully saturated rings. The van der Waals surface area contributed by atoms with Crippen LogP contribution in [-0.4, -0.2) is 9.97 Å². The number of fused-ring (bicyclic) bond motifs is 3. The number of halogens is 1. The summed E-state index contributed by atoms with van der Waals surface area (Å²) in [5, 5.41) is 4.95. The third-order valence-corrected chi connectivity index (χ3v) is 6.48. The first-order valence-electron chi connectivity index (χ1n) is 9.03. The third kappa shape index (κ3) is 3.43. The number of aromatic nitrogens is 2. The van der Waals surface area contributed by atoms with Gasteiger partial charge < -0.3 is 10.3 Å². The summed E-state index contributed by atoms with van der Waals surface area (Å²) in [6.45, 7) is 4.96. The van der Waals surface area contributed by atoms with Crippen LogP contribution >= 0.6 is 22.9 Å². The minimum Gasteiger partial charge on any atom is -0.309 e. The number of benzene rings is 1. The summed E-state index contributed by atoms with van der Waals surface area (Å²) >= 11 is 7.73. The largest absolute Gasteiger partial charge is 0.309 e. The lowest BCUT2D eigenvalue weighted by molar-refractivity contribution is 0.509. The summed E-state index contributed by atoms with van der Waals surface area (Å²) in [7, 11) is 0. The average molecular weight is 388 g/mol. The van der Waals surface area contributed by atoms with Crippen molar-refractivity contribution in [2.75, 3.05) is 0 Å². The van der Waals surface area contributed by atoms with E-state index < -0.39 is 0 Å². The van der Waals surface area contributed by atoms with Crippen molar-refractivity contribution in [2.45, 2.75) is 45.7 Å². The summed E-state index contributed by atoms with van der Waals surface area (Å²) in [5.41, 5.74) is 2.32. The Morgan fingerprint density at radius 2 is 2.31 bits per heavy atom. The standard InChI is InChI=1S/C20H22ClN3OS/c1-11-6-7-15-16(8-11)26-20-17(15)19(25)23-18(24-20)12(2)22-10-13-4-3-5-14(21)9-13/h3-5,9,11-12,22H,6-8,10H2,1-2H3,(H,23,24,25)/t11-,12+/m1/s1. The highest BCUT2D eigenvalue weighted by atomic mass is 35.5. The van der Waals surface area contributed by atoms with Gasteiger partial charge in [-0.15, -0.1) is 11.3 Å². The summed E-state index contributed by atoms with van der Waals surface area (Å²) in [6.07, 6.45) is 3.20. The van der Waals surface area contributed by atoms with Crippen LogP contribution in [0, 0.1) is 5.92 Å². The number of hydrogen-bond acceptors (Lipinski definition) is 4. The lowest BCUT2D eigenvalue weighted by Gasteiger charge is -2.17. The number of nitrogens with one attached hydrogen (secondary N) is 2. The molecule has 136 valence electrons. The van der Waals surface area contributed by atoms with Crippen molar-refractivity contribution in [2.24, 2.45) is 5.92 Å². The molecule has 3 aromatic rings. The van der Waals surface area contributed by atoms with Crippen molar-refractivity contribution in [1.29, 1.82) is 0 Å². The molecule has 0 aliphatic heterocycles. The minimum atomic E-state index is -0.0517. The van der Waals surface area contributed by atoms with Crippen LogP contribution in [0.15, 0.2) is 29.1 Å². The Labute approximate surface area is 161 Å². The molecule has 0 radical (unpaired) electrons. The lowest BCUT2D eigenvalue weighted by Crippen LogP contribution is -2.23. The van der Waals surface area contributed by atoms with Crippen LogP contribution in [0.5, 0.6) is 0 Å². The van der Waals surface area contributed by atoms with Crippen LogP contribution in [0.2, 0.25) is 5.02 Å². The Bertz CT molecular complexity index is 1010. The topological polar surface area (TPSA) is 57.8 Å². The number of rotatable bonds is 4. The zero-order chi connectivity index (χ0) is 18.3. The van der Waals surface area contributed by atoms with E-state index in [1.807, 2.05) is 31.2 Å². The van der Waals surface area contributed by atoms with Gasteiger partial charge in [0.2, 0.25) is 0 Å². The predicted octanol–water partition coefficient (Wildman–Crippen LogP) is 4.61. The van der Waals surface area contributed by atoms with Gasteiger partial charge in [-0.25, -0.2) is 4.98 Å². The van der Waals surface area contributed by atoms with Crippen molar-refractivity contribution in [3.63, 3.8) is 0 Å². The molecule has 1 aliphatic carbocycles. The maximum atomic E-state index is 12.7. The molecule has 2 atom stereocenters. The monoisotopic (exact) mass is 387 g/mol. The summed E-state index contributed by atoms with van der Waals surface area (Å²) in [5.74, 6) is 1.38. The fourth-order valence-electron chi connectivity index (χ4n) is 3.59. The van der Waals surface area contributed by atoms with E-state index in [1.165, 1.54) is 10.4 Å². The summed E-state index contributed by atoms with van der Waals surface area (Å²) in [6, 6.07) is 7.71. The number of H-pyrrole nitrogens is 1. The van der Waals surface area contributed by atoms with Crippen molar-refractivity contribution < 1.29 is 0 Å². The van der Waals surface area contributed by atoms with Crippen LogP contribution in [0.25, 0.3) is 10.2 Å². The van der Waals surface area contributed by atoms with Crippen molar-refractivity contribution in [3.05, 3.63) is 61.5 Å². The zero-order valence-corrected chi connectivity index (χ0v) is 16.5. The predicted molar refractivity (Wildman–Crippen MR) is 108 cm³/mol. The van der Waals surface area contributed by atoms with Gasteiger partial charge in [0.1, 0.15) is 10.7 Å². The van der Waals surface area contributed by atoms with E-state index in [9.17, 15) is 4.79 Å². The molecule has 26 heavy (non-hydrogen) atoms. The van der Waals surface area contributed by atoms with Crippen molar-refractivity contribution in [3.8, 4) is 0 Å².